The van der Waals surface area contributed by atoms with Crippen molar-refractivity contribution in [2.45, 2.75) is 6.54 Å². The van der Waals surface area contributed by atoms with E-state index in [1.54, 1.807) is 28.3 Å². The molecule has 1 aliphatic rings. The molecule has 3 heterocycles. The lowest BCUT2D eigenvalue weighted by Gasteiger charge is -2.34. The number of rotatable bonds is 4. The monoisotopic (exact) mass is 316 g/mol. The van der Waals surface area contributed by atoms with Gasteiger partial charge in [-0.15, -0.1) is 0 Å². The lowest BCUT2D eigenvalue weighted by atomic mass is 10.2. The number of aromatic nitrogens is 2. The Morgan fingerprint density at radius 3 is 2.82 bits per heavy atom. The lowest BCUT2D eigenvalue weighted by Crippen LogP contribution is -2.47. The van der Waals surface area contributed by atoms with E-state index in [4.69, 9.17) is 0 Å². The Labute approximate surface area is 134 Å². The van der Waals surface area contributed by atoms with Crippen LogP contribution < -0.4 is 0 Å². The number of piperazine rings is 1. The second kappa shape index (κ2) is 6.89. The summed E-state index contributed by atoms with van der Waals surface area (Å²) < 4.78 is 1.73. The van der Waals surface area contributed by atoms with Gasteiger partial charge in [0.1, 0.15) is 0 Å². The molecule has 0 N–H and O–H groups in total. The SMILES string of the molecule is Cn1cc(/C=C\C(=O)N2CCN(Cc3ccsc3)CC2)cn1. The highest BCUT2D eigenvalue weighted by Crippen LogP contribution is 2.12. The predicted octanol–water partition coefficient (Wildman–Crippen LogP) is 1.84. The van der Waals surface area contributed by atoms with E-state index in [1.165, 1.54) is 5.56 Å². The Morgan fingerprint density at radius 2 is 2.18 bits per heavy atom. The second-order valence-electron chi connectivity index (χ2n) is 5.51. The Bertz CT molecular complexity index is 639. The Hall–Kier alpha value is -1.92. The lowest BCUT2D eigenvalue weighted by molar-refractivity contribution is -0.127. The summed E-state index contributed by atoms with van der Waals surface area (Å²) >= 11 is 1.73. The van der Waals surface area contributed by atoms with E-state index >= 15 is 0 Å². The first-order valence-electron chi connectivity index (χ1n) is 7.40. The van der Waals surface area contributed by atoms with E-state index in [0.29, 0.717) is 0 Å². The van der Waals surface area contributed by atoms with Crippen LogP contribution >= 0.6 is 11.3 Å². The summed E-state index contributed by atoms with van der Waals surface area (Å²) in [6.45, 7) is 4.43. The molecule has 0 radical (unpaired) electrons. The van der Waals surface area contributed by atoms with E-state index in [-0.39, 0.29) is 5.91 Å². The second-order valence-corrected chi connectivity index (χ2v) is 6.29. The highest BCUT2D eigenvalue weighted by Gasteiger charge is 2.19. The molecule has 0 bridgehead atoms. The first-order valence-corrected chi connectivity index (χ1v) is 8.34. The van der Waals surface area contributed by atoms with Crippen LogP contribution in [-0.4, -0.2) is 51.7 Å². The number of aryl methyl sites for hydroxylation is 1. The standard InChI is InChI=1S/C16H20N4OS/c1-18-11-14(10-17-18)2-3-16(21)20-7-5-19(6-8-20)12-15-4-9-22-13-15/h2-4,9-11,13H,5-8,12H2,1H3/b3-2-. The molecule has 6 heteroatoms. The third kappa shape index (κ3) is 3.84. The van der Waals surface area contributed by atoms with Crippen molar-refractivity contribution in [2.75, 3.05) is 26.2 Å². The minimum atomic E-state index is 0.0824. The number of carbonyl (C=O) groups excluding carboxylic acids is 1. The molecular weight excluding hydrogens is 296 g/mol. The maximum absolute atomic E-state index is 12.2. The van der Waals surface area contributed by atoms with E-state index in [9.17, 15) is 4.79 Å². The highest BCUT2D eigenvalue weighted by atomic mass is 32.1. The molecule has 2 aromatic heterocycles. The summed E-state index contributed by atoms with van der Waals surface area (Å²) in [4.78, 5) is 16.5. The number of hydrogen-bond donors (Lipinski definition) is 0. The minimum absolute atomic E-state index is 0.0824. The van der Waals surface area contributed by atoms with Crippen molar-refractivity contribution in [3.05, 3.63) is 46.4 Å². The molecule has 0 aliphatic carbocycles. The molecule has 0 unspecified atom stereocenters. The Morgan fingerprint density at radius 1 is 1.36 bits per heavy atom. The van der Waals surface area contributed by atoms with Crippen molar-refractivity contribution < 1.29 is 4.79 Å². The zero-order valence-electron chi connectivity index (χ0n) is 12.7. The van der Waals surface area contributed by atoms with Gasteiger partial charge in [-0.1, -0.05) is 0 Å². The van der Waals surface area contributed by atoms with Crippen LogP contribution in [0.4, 0.5) is 0 Å². The molecule has 22 heavy (non-hydrogen) atoms. The number of carbonyl (C=O) groups is 1. The summed E-state index contributed by atoms with van der Waals surface area (Å²) in [5.41, 5.74) is 2.31. The average molecular weight is 316 g/mol. The van der Waals surface area contributed by atoms with Gasteiger partial charge in [0.15, 0.2) is 0 Å². The molecule has 5 nitrogen and oxygen atoms in total. The third-order valence-electron chi connectivity index (χ3n) is 3.81. The van der Waals surface area contributed by atoms with Gasteiger partial charge >= 0.3 is 0 Å². The highest BCUT2D eigenvalue weighted by molar-refractivity contribution is 7.07. The smallest absolute Gasteiger partial charge is 0.246 e. The summed E-state index contributed by atoms with van der Waals surface area (Å²) in [5.74, 6) is 0.0824. The van der Waals surface area contributed by atoms with Crippen molar-refractivity contribution in [3.63, 3.8) is 0 Å². The summed E-state index contributed by atoms with van der Waals surface area (Å²) in [6, 6.07) is 2.17. The molecule has 0 atom stereocenters. The zero-order valence-corrected chi connectivity index (χ0v) is 13.5. The van der Waals surface area contributed by atoms with Gasteiger partial charge in [-0.3, -0.25) is 14.4 Å². The minimum Gasteiger partial charge on any atom is -0.337 e. The van der Waals surface area contributed by atoms with Crippen LogP contribution in [0.1, 0.15) is 11.1 Å². The largest absolute Gasteiger partial charge is 0.337 e. The Balaban J connectivity index is 1.48. The molecule has 1 aliphatic heterocycles. The number of hydrogen-bond acceptors (Lipinski definition) is 4. The third-order valence-corrected chi connectivity index (χ3v) is 4.55. The van der Waals surface area contributed by atoms with Crippen molar-refractivity contribution in [2.24, 2.45) is 7.05 Å². The molecule has 116 valence electrons. The number of amides is 1. The van der Waals surface area contributed by atoms with Crippen LogP contribution in [-0.2, 0) is 18.4 Å². The first kappa shape index (κ1) is 15.0. The maximum atomic E-state index is 12.2. The molecule has 0 saturated carbocycles. The molecule has 1 fully saturated rings. The average Bonchev–Trinajstić information content (AvgIpc) is 3.17. The van der Waals surface area contributed by atoms with Gasteiger partial charge in [0.2, 0.25) is 5.91 Å². The quantitative estimate of drug-likeness (QED) is 0.808. The molecular formula is C16H20N4OS. The normalized spacial score (nSPS) is 16.5. The summed E-state index contributed by atoms with van der Waals surface area (Å²) in [6.07, 6.45) is 7.11. The fourth-order valence-electron chi connectivity index (χ4n) is 2.57. The summed E-state index contributed by atoms with van der Waals surface area (Å²) in [7, 11) is 1.87. The molecule has 0 spiro atoms. The van der Waals surface area contributed by atoms with Crippen molar-refractivity contribution in [1.29, 1.82) is 0 Å². The van der Waals surface area contributed by atoms with Gasteiger partial charge < -0.3 is 4.90 Å². The van der Waals surface area contributed by atoms with Gasteiger partial charge in [0, 0.05) is 57.6 Å². The Kier molecular flexibility index (Phi) is 4.70. The molecule has 2 aromatic rings. The van der Waals surface area contributed by atoms with Gasteiger partial charge in [0.25, 0.3) is 0 Å². The van der Waals surface area contributed by atoms with E-state index in [2.05, 4.69) is 26.8 Å². The van der Waals surface area contributed by atoms with E-state index in [1.807, 2.05) is 24.2 Å². The van der Waals surface area contributed by atoms with Crippen LogP contribution in [0.5, 0.6) is 0 Å². The van der Waals surface area contributed by atoms with Gasteiger partial charge in [-0.2, -0.15) is 16.4 Å². The van der Waals surface area contributed by atoms with Crippen molar-refractivity contribution >= 4 is 23.3 Å². The topological polar surface area (TPSA) is 41.4 Å². The van der Waals surface area contributed by atoms with Crippen molar-refractivity contribution in [1.82, 2.24) is 19.6 Å². The fraction of sp³-hybridized carbons (Fsp3) is 0.375. The van der Waals surface area contributed by atoms with Gasteiger partial charge in [-0.25, -0.2) is 0 Å². The molecule has 1 amide bonds. The molecule has 1 saturated heterocycles. The van der Waals surface area contributed by atoms with Crippen LogP contribution in [0, 0.1) is 0 Å². The number of nitrogens with zero attached hydrogens (tertiary/aromatic N) is 4. The van der Waals surface area contributed by atoms with Crippen LogP contribution in [0.3, 0.4) is 0 Å². The van der Waals surface area contributed by atoms with E-state index < -0.39 is 0 Å². The van der Waals surface area contributed by atoms with Crippen LogP contribution in [0.25, 0.3) is 6.08 Å². The van der Waals surface area contributed by atoms with E-state index in [0.717, 1.165) is 38.3 Å². The first-order chi connectivity index (χ1) is 10.7. The van der Waals surface area contributed by atoms with Crippen molar-refractivity contribution in [3.8, 4) is 0 Å². The maximum Gasteiger partial charge on any atom is 0.246 e. The summed E-state index contributed by atoms with van der Waals surface area (Å²) in [5, 5.41) is 8.39. The predicted molar refractivity (Wildman–Crippen MR) is 88.4 cm³/mol. The van der Waals surface area contributed by atoms with Crippen LogP contribution in [0.2, 0.25) is 0 Å². The zero-order chi connectivity index (χ0) is 15.4. The fourth-order valence-corrected chi connectivity index (χ4v) is 3.23. The number of thiophene rings is 1. The van der Waals surface area contributed by atoms with Gasteiger partial charge in [0.05, 0.1) is 6.20 Å². The van der Waals surface area contributed by atoms with Gasteiger partial charge in [-0.05, 0) is 28.5 Å². The molecule has 0 aromatic carbocycles. The van der Waals surface area contributed by atoms with Crippen LogP contribution in [0.15, 0.2) is 35.3 Å². The molecule has 3 rings (SSSR count).